The van der Waals surface area contributed by atoms with E-state index in [-0.39, 0.29) is 6.04 Å². The van der Waals surface area contributed by atoms with Crippen molar-refractivity contribution in [3.63, 3.8) is 0 Å². The molecule has 18 heavy (non-hydrogen) atoms. The molecule has 1 atom stereocenters. The number of hydrogen-bond acceptors (Lipinski definition) is 4. The Balaban J connectivity index is 2.09. The quantitative estimate of drug-likeness (QED) is 0.821. The summed E-state index contributed by atoms with van der Waals surface area (Å²) in [5.74, 6) is 1.80. The van der Waals surface area contributed by atoms with Crippen LogP contribution in [-0.4, -0.2) is 19.9 Å². The van der Waals surface area contributed by atoms with Crippen LogP contribution in [0.15, 0.2) is 24.8 Å². The zero-order valence-electron chi connectivity index (χ0n) is 10.8. The fourth-order valence-electron chi connectivity index (χ4n) is 1.88. The number of aromatic amines is 1. The van der Waals surface area contributed by atoms with Crippen molar-refractivity contribution in [3.05, 3.63) is 36.3 Å². The molecule has 0 amide bonds. The molecule has 1 unspecified atom stereocenters. The van der Waals surface area contributed by atoms with E-state index in [4.69, 9.17) is 0 Å². The molecule has 2 N–H and O–H groups in total. The molecule has 0 saturated carbocycles. The van der Waals surface area contributed by atoms with E-state index < -0.39 is 0 Å². The molecule has 5 heteroatoms. The molecule has 2 aromatic heterocycles. The van der Waals surface area contributed by atoms with Crippen molar-refractivity contribution in [2.24, 2.45) is 0 Å². The van der Waals surface area contributed by atoms with Crippen LogP contribution in [0.25, 0.3) is 0 Å². The Morgan fingerprint density at radius 1 is 1.28 bits per heavy atom. The van der Waals surface area contributed by atoms with Crippen molar-refractivity contribution in [1.82, 2.24) is 19.9 Å². The third-order valence-corrected chi connectivity index (χ3v) is 2.81. The number of nitrogens with one attached hydrogen (secondary N) is 2. The monoisotopic (exact) mass is 245 g/mol. The van der Waals surface area contributed by atoms with Gasteiger partial charge in [0, 0.05) is 24.2 Å². The second-order valence-corrected chi connectivity index (χ2v) is 4.22. The van der Waals surface area contributed by atoms with E-state index in [1.807, 2.05) is 12.3 Å². The van der Waals surface area contributed by atoms with Gasteiger partial charge in [-0.2, -0.15) is 0 Å². The van der Waals surface area contributed by atoms with Crippen LogP contribution in [0.5, 0.6) is 0 Å². The van der Waals surface area contributed by atoms with E-state index in [9.17, 15) is 0 Å². The van der Waals surface area contributed by atoms with Crippen molar-refractivity contribution >= 4 is 5.82 Å². The van der Waals surface area contributed by atoms with Crippen LogP contribution in [0, 0.1) is 0 Å². The predicted octanol–water partition coefficient (Wildman–Crippen LogP) is 2.72. The maximum atomic E-state index is 4.28. The summed E-state index contributed by atoms with van der Waals surface area (Å²) in [6.07, 6.45) is 8.23. The average molecular weight is 245 g/mol. The second kappa shape index (κ2) is 6.14. The van der Waals surface area contributed by atoms with Gasteiger partial charge in [-0.05, 0) is 12.8 Å². The van der Waals surface area contributed by atoms with Gasteiger partial charge in [0.05, 0.1) is 6.04 Å². The molecule has 2 rings (SSSR count). The molecule has 2 heterocycles. The zero-order chi connectivity index (χ0) is 12.8. The lowest BCUT2D eigenvalue weighted by Crippen LogP contribution is -2.12. The largest absolute Gasteiger partial charge is 0.360 e. The smallest absolute Gasteiger partial charge is 0.130 e. The first kappa shape index (κ1) is 12.5. The lowest BCUT2D eigenvalue weighted by molar-refractivity contribution is 0.699. The molecule has 2 aromatic rings. The molecule has 5 nitrogen and oxygen atoms in total. The Kier molecular flexibility index (Phi) is 4.28. The van der Waals surface area contributed by atoms with Crippen LogP contribution < -0.4 is 5.32 Å². The van der Waals surface area contributed by atoms with Crippen LogP contribution in [0.4, 0.5) is 5.82 Å². The van der Waals surface area contributed by atoms with Crippen LogP contribution in [0.2, 0.25) is 0 Å². The minimum Gasteiger partial charge on any atom is -0.360 e. The Morgan fingerprint density at radius 2 is 2.17 bits per heavy atom. The van der Waals surface area contributed by atoms with E-state index in [0.29, 0.717) is 0 Å². The lowest BCUT2D eigenvalue weighted by Gasteiger charge is -2.15. The third-order valence-electron chi connectivity index (χ3n) is 2.81. The fraction of sp³-hybridized carbons (Fsp3) is 0.462. The highest BCUT2D eigenvalue weighted by Crippen LogP contribution is 2.18. The Morgan fingerprint density at radius 3 is 2.83 bits per heavy atom. The van der Waals surface area contributed by atoms with Gasteiger partial charge < -0.3 is 10.3 Å². The number of aromatic nitrogens is 4. The van der Waals surface area contributed by atoms with Gasteiger partial charge in [0.2, 0.25) is 0 Å². The Bertz CT molecular complexity index is 466. The number of imidazole rings is 1. The van der Waals surface area contributed by atoms with Gasteiger partial charge in [-0.3, -0.25) is 0 Å². The molecular formula is C13H19N5. The molecule has 0 spiro atoms. The maximum absolute atomic E-state index is 4.28. The molecule has 0 bridgehead atoms. The van der Waals surface area contributed by atoms with Gasteiger partial charge in [0.1, 0.15) is 18.0 Å². The first-order chi connectivity index (χ1) is 8.83. The molecule has 0 aliphatic carbocycles. The SMILES string of the molecule is CCCc1cc(NC(CC)c2ncc[nH]2)ncn1. The molecule has 0 radical (unpaired) electrons. The minimum absolute atomic E-state index is 0.157. The topological polar surface area (TPSA) is 66.5 Å². The molecular weight excluding hydrogens is 226 g/mol. The van der Waals surface area contributed by atoms with Gasteiger partial charge in [-0.25, -0.2) is 15.0 Å². The summed E-state index contributed by atoms with van der Waals surface area (Å²) in [6.45, 7) is 4.27. The number of H-pyrrole nitrogens is 1. The highest BCUT2D eigenvalue weighted by atomic mass is 15.1. The maximum Gasteiger partial charge on any atom is 0.130 e. The Hall–Kier alpha value is -1.91. The number of aryl methyl sites for hydroxylation is 1. The van der Waals surface area contributed by atoms with Gasteiger partial charge in [-0.1, -0.05) is 20.3 Å². The second-order valence-electron chi connectivity index (χ2n) is 4.22. The Labute approximate surface area is 107 Å². The zero-order valence-corrected chi connectivity index (χ0v) is 10.8. The van der Waals surface area contributed by atoms with Crippen molar-refractivity contribution in [2.45, 2.75) is 39.2 Å². The molecule has 0 aromatic carbocycles. The minimum atomic E-state index is 0.157. The molecule has 0 saturated heterocycles. The molecule has 0 fully saturated rings. The van der Waals surface area contributed by atoms with Gasteiger partial charge in [-0.15, -0.1) is 0 Å². The van der Waals surface area contributed by atoms with Crippen molar-refractivity contribution in [3.8, 4) is 0 Å². The van der Waals surface area contributed by atoms with E-state index >= 15 is 0 Å². The summed E-state index contributed by atoms with van der Waals surface area (Å²) >= 11 is 0. The standard InChI is InChI=1S/C13H19N5/c1-3-5-10-8-12(17-9-16-10)18-11(4-2)13-14-6-7-15-13/h6-9,11H,3-5H2,1-2H3,(H,14,15)(H,16,17,18). The normalized spacial score (nSPS) is 12.3. The lowest BCUT2D eigenvalue weighted by atomic mass is 10.2. The summed E-state index contributed by atoms with van der Waals surface area (Å²) in [4.78, 5) is 15.9. The van der Waals surface area contributed by atoms with Crippen molar-refractivity contribution in [1.29, 1.82) is 0 Å². The van der Waals surface area contributed by atoms with Gasteiger partial charge >= 0.3 is 0 Å². The van der Waals surface area contributed by atoms with E-state index in [2.05, 4.69) is 39.1 Å². The van der Waals surface area contributed by atoms with Crippen LogP contribution in [0.3, 0.4) is 0 Å². The van der Waals surface area contributed by atoms with Crippen molar-refractivity contribution < 1.29 is 0 Å². The number of nitrogens with zero attached hydrogens (tertiary/aromatic N) is 3. The summed E-state index contributed by atoms with van der Waals surface area (Å²) in [7, 11) is 0. The van der Waals surface area contributed by atoms with Gasteiger partial charge in [0.25, 0.3) is 0 Å². The number of anilines is 1. The van der Waals surface area contributed by atoms with E-state index in [1.54, 1.807) is 12.5 Å². The fourth-order valence-corrected chi connectivity index (χ4v) is 1.88. The number of rotatable bonds is 6. The molecule has 0 aliphatic rings. The van der Waals surface area contributed by atoms with E-state index in [1.165, 1.54) is 0 Å². The highest BCUT2D eigenvalue weighted by Gasteiger charge is 2.12. The summed E-state index contributed by atoms with van der Waals surface area (Å²) in [6, 6.07) is 2.17. The van der Waals surface area contributed by atoms with Crippen LogP contribution in [0.1, 0.15) is 44.2 Å². The number of hydrogen-bond donors (Lipinski definition) is 2. The van der Waals surface area contributed by atoms with Gasteiger partial charge in [0.15, 0.2) is 0 Å². The summed E-state index contributed by atoms with van der Waals surface area (Å²) in [5.41, 5.74) is 1.07. The first-order valence-corrected chi connectivity index (χ1v) is 6.40. The van der Waals surface area contributed by atoms with Crippen LogP contribution in [-0.2, 0) is 6.42 Å². The van der Waals surface area contributed by atoms with E-state index in [0.717, 1.165) is 36.6 Å². The van der Waals surface area contributed by atoms with Crippen LogP contribution >= 0.6 is 0 Å². The average Bonchev–Trinajstić information content (AvgIpc) is 2.90. The highest BCUT2D eigenvalue weighted by molar-refractivity contribution is 5.37. The molecule has 0 aliphatic heterocycles. The summed E-state index contributed by atoms with van der Waals surface area (Å²) in [5, 5.41) is 3.39. The molecule has 96 valence electrons. The van der Waals surface area contributed by atoms with Crippen molar-refractivity contribution in [2.75, 3.05) is 5.32 Å². The third kappa shape index (κ3) is 3.06. The predicted molar refractivity (Wildman–Crippen MR) is 71.3 cm³/mol. The summed E-state index contributed by atoms with van der Waals surface area (Å²) < 4.78 is 0. The first-order valence-electron chi connectivity index (χ1n) is 6.40.